The molecule has 0 bridgehead atoms. The van der Waals surface area contributed by atoms with Crippen molar-refractivity contribution >= 4 is 0 Å². The Labute approximate surface area is 119 Å². The average molecular weight is 272 g/mol. The van der Waals surface area contributed by atoms with Gasteiger partial charge in [-0.2, -0.15) is 0 Å². The quantitative estimate of drug-likeness (QED) is 0.927. The van der Waals surface area contributed by atoms with Gasteiger partial charge in [-0.05, 0) is 42.7 Å². The van der Waals surface area contributed by atoms with Crippen molar-refractivity contribution in [3.63, 3.8) is 0 Å². The van der Waals surface area contributed by atoms with E-state index in [9.17, 15) is 5.11 Å². The summed E-state index contributed by atoms with van der Waals surface area (Å²) in [6.07, 6.45) is -0.711. The van der Waals surface area contributed by atoms with Crippen molar-refractivity contribution in [3.05, 3.63) is 58.7 Å². The summed E-state index contributed by atoms with van der Waals surface area (Å²) in [5, 5.41) is 10.7. The van der Waals surface area contributed by atoms with Crippen LogP contribution in [0.1, 0.15) is 28.4 Å². The molecule has 0 spiro atoms. The molecule has 1 unspecified atom stereocenters. The maximum absolute atomic E-state index is 10.7. The van der Waals surface area contributed by atoms with Crippen molar-refractivity contribution in [1.82, 2.24) is 0 Å². The molecule has 0 saturated carbocycles. The van der Waals surface area contributed by atoms with Crippen LogP contribution < -0.4 is 9.47 Å². The Morgan fingerprint density at radius 2 is 1.60 bits per heavy atom. The number of rotatable bonds is 4. The number of hydrogen-bond acceptors (Lipinski definition) is 3. The van der Waals surface area contributed by atoms with Crippen molar-refractivity contribution in [2.24, 2.45) is 0 Å². The van der Waals surface area contributed by atoms with Gasteiger partial charge in [0.2, 0.25) is 0 Å². The van der Waals surface area contributed by atoms with E-state index in [2.05, 4.69) is 0 Å². The van der Waals surface area contributed by atoms with Crippen LogP contribution in [0.15, 0.2) is 36.4 Å². The van der Waals surface area contributed by atoms with E-state index in [1.54, 1.807) is 20.3 Å². The van der Waals surface area contributed by atoms with Gasteiger partial charge < -0.3 is 14.6 Å². The van der Waals surface area contributed by atoms with Crippen LogP contribution in [-0.4, -0.2) is 19.3 Å². The molecule has 1 N–H and O–H groups in total. The average Bonchev–Trinajstić information content (AvgIpc) is 2.46. The molecule has 0 aliphatic heterocycles. The molecule has 0 aliphatic rings. The molecule has 3 heteroatoms. The minimum absolute atomic E-state index is 0.625. The summed E-state index contributed by atoms with van der Waals surface area (Å²) in [6, 6.07) is 11.4. The third-order valence-electron chi connectivity index (χ3n) is 3.55. The van der Waals surface area contributed by atoms with Crippen molar-refractivity contribution in [3.8, 4) is 11.5 Å². The Hall–Kier alpha value is -2.00. The van der Waals surface area contributed by atoms with Gasteiger partial charge in [0.05, 0.1) is 14.2 Å². The van der Waals surface area contributed by atoms with Crippen LogP contribution in [0, 0.1) is 13.8 Å². The molecular weight excluding hydrogens is 252 g/mol. The fourth-order valence-electron chi connectivity index (χ4n) is 2.46. The van der Waals surface area contributed by atoms with E-state index in [1.165, 1.54) is 0 Å². The predicted molar refractivity (Wildman–Crippen MR) is 79.5 cm³/mol. The lowest BCUT2D eigenvalue weighted by atomic mass is 9.93. The van der Waals surface area contributed by atoms with Gasteiger partial charge in [-0.25, -0.2) is 0 Å². The van der Waals surface area contributed by atoms with Crippen LogP contribution in [-0.2, 0) is 0 Å². The lowest BCUT2D eigenvalue weighted by Crippen LogP contribution is -2.06. The summed E-state index contributed by atoms with van der Waals surface area (Å²) >= 11 is 0. The maximum Gasteiger partial charge on any atom is 0.128 e. The van der Waals surface area contributed by atoms with Gasteiger partial charge in [0.1, 0.15) is 17.6 Å². The van der Waals surface area contributed by atoms with Crippen molar-refractivity contribution in [1.29, 1.82) is 0 Å². The van der Waals surface area contributed by atoms with E-state index in [1.807, 2.05) is 44.2 Å². The highest BCUT2D eigenvalue weighted by Crippen LogP contribution is 2.35. The molecule has 0 saturated heterocycles. The summed E-state index contributed by atoms with van der Waals surface area (Å²) in [6.45, 7) is 4.00. The molecule has 0 amide bonds. The summed E-state index contributed by atoms with van der Waals surface area (Å²) in [7, 11) is 3.20. The maximum atomic E-state index is 10.7. The number of aliphatic hydroxyl groups is 1. The monoisotopic (exact) mass is 272 g/mol. The summed E-state index contributed by atoms with van der Waals surface area (Å²) in [5.41, 5.74) is 3.80. The third kappa shape index (κ3) is 2.63. The molecule has 2 rings (SSSR count). The largest absolute Gasteiger partial charge is 0.497 e. The first-order valence-corrected chi connectivity index (χ1v) is 6.54. The zero-order chi connectivity index (χ0) is 14.7. The lowest BCUT2D eigenvalue weighted by molar-refractivity contribution is 0.213. The van der Waals surface area contributed by atoms with Crippen LogP contribution in [0.4, 0.5) is 0 Å². The molecule has 0 fully saturated rings. The van der Waals surface area contributed by atoms with Gasteiger partial charge in [0.25, 0.3) is 0 Å². The molecule has 2 aromatic rings. The van der Waals surface area contributed by atoms with Gasteiger partial charge in [-0.15, -0.1) is 0 Å². The molecule has 1 atom stereocenters. The van der Waals surface area contributed by atoms with E-state index >= 15 is 0 Å². The molecular formula is C17H20O3. The number of benzene rings is 2. The zero-order valence-electron chi connectivity index (χ0n) is 12.3. The van der Waals surface area contributed by atoms with Crippen molar-refractivity contribution < 1.29 is 14.6 Å². The Bertz CT molecular complexity index is 585. The topological polar surface area (TPSA) is 38.7 Å². The summed E-state index contributed by atoms with van der Waals surface area (Å²) in [5.74, 6) is 1.33. The number of ether oxygens (including phenoxy) is 2. The highest BCUT2D eigenvalue weighted by Gasteiger charge is 2.19. The highest BCUT2D eigenvalue weighted by atomic mass is 16.5. The number of aliphatic hydroxyl groups excluding tert-OH is 1. The van der Waals surface area contributed by atoms with E-state index in [4.69, 9.17) is 9.47 Å². The van der Waals surface area contributed by atoms with Crippen LogP contribution in [0.25, 0.3) is 0 Å². The Morgan fingerprint density at radius 1 is 0.950 bits per heavy atom. The molecule has 0 heterocycles. The molecule has 0 aliphatic carbocycles. The van der Waals surface area contributed by atoms with Gasteiger partial charge in [0.15, 0.2) is 0 Å². The Kier molecular flexibility index (Phi) is 4.30. The standard InChI is InChI=1S/C17H20O3/c1-11-6-5-7-12(2)16(11)17(18)14-9-8-13(19-3)10-15(14)20-4/h5-10,17-18H,1-4H3. The van der Waals surface area contributed by atoms with Crippen LogP contribution in [0.5, 0.6) is 11.5 Å². The smallest absolute Gasteiger partial charge is 0.128 e. The number of hydrogen-bond donors (Lipinski definition) is 1. The fourth-order valence-corrected chi connectivity index (χ4v) is 2.46. The van der Waals surface area contributed by atoms with Gasteiger partial charge in [-0.3, -0.25) is 0 Å². The first-order chi connectivity index (χ1) is 9.58. The number of methoxy groups -OCH3 is 2. The van der Waals surface area contributed by atoms with Crippen molar-refractivity contribution in [2.45, 2.75) is 20.0 Å². The van der Waals surface area contributed by atoms with Crippen LogP contribution in [0.2, 0.25) is 0 Å². The van der Waals surface area contributed by atoms with Crippen LogP contribution in [0.3, 0.4) is 0 Å². The fraction of sp³-hybridized carbons (Fsp3) is 0.294. The van der Waals surface area contributed by atoms with E-state index in [0.717, 1.165) is 22.3 Å². The zero-order valence-corrected chi connectivity index (χ0v) is 12.3. The second kappa shape index (κ2) is 5.97. The van der Waals surface area contributed by atoms with Gasteiger partial charge in [-0.1, -0.05) is 18.2 Å². The highest BCUT2D eigenvalue weighted by molar-refractivity contribution is 5.48. The summed E-state index contributed by atoms with van der Waals surface area (Å²) in [4.78, 5) is 0. The normalized spacial score (nSPS) is 12.1. The minimum Gasteiger partial charge on any atom is -0.497 e. The Morgan fingerprint density at radius 3 is 2.15 bits per heavy atom. The molecule has 0 aromatic heterocycles. The SMILES string of the molecule is COc1ccc(C(O)c2c(C)cccc2C)c(OC)c1. The second-order valence-electron chi connectivity index (χ2n) is 4.82. The molecule has 3 nitrogen and oxygen atoms in total. The molecule has 106 valence electrons. The first kappa shape index (κ1) is 14.4. The second-order valence-corrected chi connectivity index (χ2v) is 4.82. The van der Waals surface area contributed by atoms with Gasteiger partial charge >= 0.3 is 0 Å². The first-order valence-electron chi connectivity index (χ1n) is 6.54. The molecule has 2 aromatic carbocycles. The van der Waals surface area contributed by atoms with E-state index < -0.39 is 6.10 Å². The minimum atomic E-state index is -0.711. The summed E-state index contributed by atoms with van der Waals surface area (Å²) < 4.78 is 10.6. The Balaban J connectivity index is 2.50. The third-order valence-corrected chi connectivity index (χ3v) is 3.55. The lowest BCUT2D eigenvalue weighted by Gasteiger charge is -2.19. The van der Waals surface area contributed by atoms with Crippen molar-refractivity contribution in [2.75, 3.05) is 14.2 Å². The van der Waals surface area contributed by atoms with E-state index in [0.29, 0.717) is 11.5 Å². The van der Waals surface area contributed by atoms with Crippen LogP contribution >= 0.6 is 0 Å². The van der Waals surface area contributed by atoms with Gasteiger partial charge in [0, 0.05) is 11.6 Å². The number of aryl methyl sites for hydroxylation is 2. The predicted octanol–water partition coefficient (Wildman–Crippen LogP) is 3.40. The van der Waals surface area contributed by atoms with E-state index in [-0.39, 0.29) is 0 Å². The molecule has 20 heavy (non-hydrogen) atoms. The molecule has 0 radical (unpaired) electrons.